The van der Waals surface area contributed by atoms with Gasteiger partial charge in [-0.2, -0.15) is 0 Å². The summed E-state index contributed by atoms with van der Waals surface area (Å²) in [4.78, 5) is 17.8. The van der Waals surface area contributed by atoms with Crippen LogP contribution in [0.25, 0.3) is 10.9 Å². The number of hydrogen-bond acceptors (Lipinski definition) is 2. The van der Waals surface area contributed by atoms with Crippen molar-refractivity contribution in [3.8, 4) is 0 Å². The molecular weight excluding hydrogens is 250 g/mol. The first-order valence-electron chi connectivity index (χ1n) is 7.38. The molecule has 20 heavy (non-hydrogen) atoms. The van der Waals surface area contributed by atoms with Crippen molar-refractivity contribution in [2.45, 2.75) is 25.8 Å². The Morgan fingerprint density at radius 3 is 3.00 bits per heavy atom. The molecule has 0 atom stereocenters. The fourth-order valence-electron chi connectivity index (χ4n) is 2.73. The van der Waals surface area contributed by atoms with Crippen LogP contribution in [0, 0.1) is 0 Å². The minimum absolute atomic E-state index is 0.0158. The second-order valence-corrected chi connectivity index (χ2v) is 5.36. The highest BCUT2D eigenvalue weighted by Gasteiger charge is 2.27. The van der Waals surface area contributed by atoms with Crippen molar-refractivity contribution in [1.82, 2.24) is 15.2 Å². The van der Waals surface area contributed by atoms with Gasteiger partial charge in [-0.05, 0) is 37.6 Å². The summed E-state index contributed by atoms with van der Waals surface area (Å²) in [6.45, 7) is 4.90. The average molecular weight is 271 g/mol. The third-order valence-corrected chi connectivity index (χ3v) is 3.99. The summed E-state index contributed by atoms with van der Waals surface area (Å²) in [7, 11) is 0. The Morgan fingerprint density at radius 2 is 2.25 bits per heavy atom. The van der Waals surface area contributed by atoms with Crippen LogP contribution in [-0.2, 0) is 0 Å². The molecule has 2 aromatic rings. The van der Waals surface area contributed by atoms with Gasteiger partial charge in [-0.3, -0.25) is 9.69 Å². The second kappa shape index (κ2) is 5.67. The highest BCUT2D eigenvalue weighted by Crippen LogP contribution is 2.25. The molecule has 1 saturated carbocycles. The van der Waals surface area contributed by atoms with E-state index in [1.54, 1.807) is 0 Å². The lowest BCUT2D eigenvalue weighted by Crippen LogP contribution is -2.36. The predicted octanol–water partition coefficient (Wildman–Crippen LogP) is 2.38. The molecule has 1 aromatic carbocycles. The number of likely N-dealkylation sites (N-methyl/N-ethyl adjacent to an activating group) is 1. The maximum absolute atomic E-state index is 12.3. The van der Waals surface area contributed by atoms with E-state index in [4.69, 9.17) is 0 Å². The maximum atomic E-state index is 12.3. The summed E-state index contributed by atoms with van der Waals surface area (Å²) in [6.07, 6.45) is 4.49. The van der Waals surface area contributed by atoms with E-state index in [2.05, 4.69) is 22.1 Å². The van der Waals surface area contributed by atoms with Crippen LogP contribution in [-0.4, -0.2) is 41.5 Å². The van der Waals surface area contributed by atoms with Gasteiger partial charge < -0.3 is 10.3 Å². The van der Waals surface area contributed by atoms with Crippen LogP contribution in [0.3, 0.4) is 0 Å². The molecule has 0 spiro atoms. The summed E-state index contributed by atoms with van der Waals surface area (Å²) < 4.78 is 0. The number of H-pyrrole nitrogens is 1. The zero-order valence-corrected chi connectivity index (χ0v) is 11.9. The largest absolute Gasteiger partial charge is 0.361 e. The molecule has 1 aliphatic rings. The Morgan fingerprint density at radius 1 is 1.40 bits per heavy atom. The lowest BCUT2D eigenvalue weighted by Gasteiger charge is -2.19. The molecule has 0 saturated heterocycles. The molecule has 0 unspecified atom stereocenters. The van der Waals surface area contributed by atoms with Crippen LogP contribution < -0.4 is 5.32 Å². The zero-order chi connectivity index (χ0) is 13.9. The van der Waals surface area contributed by atoms with Gasteiger partial charge in [0.15, 0.2) is 0 Å². The van der Waals surface area contributed by atoms with Crippen LogP contribution in [0.5, 0.6) is 0 Å². The van der Waals surface area contributed by atoms with Crippen molar-refractivity contribution in [3.63, 3.8) is 0 Å². The number of carbonyl (C=O) groups excluding carboxylic acids is 1. The molecule has 0 aliphatic heterocycles. The predicted molar refractivity (Wildman–Crippen MR) is 80.9 cm³/mol. The van der Waals surface area contributed by atoms with Crippen LogP contribution in [0.15, 0.2) is 30.5 Å². The fourth-order valence-corrected chi connectivity index (χ4v) is 2.73. The van der Waals surface area contributed by atoms with Gasteiger partial charge in [-0.15, -0.1) is 0 Å². The highest BCUT2D eigenvalue weighted by molar-refractivity contribution is 6.06. The molecule has 1 fully saturated rings. The molecule has 1 amide bonds. The first-order chi connectivity index (χ1) is 9.79. The third-order valence-electron chi connectivity index (χ3n) is 3.99. The number of nitrogens with one attached hydrogen (secondary N) is 2. The Kier molecular flexibility index (Phi) is 3.74. The molecular formula is C16H21N3O. The van der Waals surface area contributed by atoms with Crippen molar-refractivity contribution < 1.29 is 4.79 Å². The number of rotatable bonds is 6. The number of benzene rings is 1. The van der Waals surface area contributed by atoms with Crippen LogP contribution >= 0.6 is 0 Å². The topological polar surface area (TPSA) is 48.1 Å². The Hall–Kier alpha value is -1.81. The van der Waals surface area contributed by atoms with Crippen molar-refractivity contribution in [2.75, 3.05) is 19.6 Å². The van der Waals surface area contributed by atoms with Gasteiger partial charge in [0, 0.05) is 41.8 Å². The van der Waals surface area contributed by atoms with Gasteiger partial charge in [0.25, 0.3) is 5.91 Å². The summed E-state index contributed by atoms with van der Waals surface area (Å²) in [6, 6.07) is 8.48. The lowest BCUT2D eigenvalue weighted by molar-refractivity contribution is 0.0949. The Bertz CT molecular complexity index is 601. The Balaban J connectivity index is 1.60. The number of hydrogen-bond donors (Lipinski definition) is 2. The van der Waals surface area contributed by atoms with Crippen molar-refractivity contribution in [3.05, 3.63) is 36.0 Å². The summed E-state index contributed by atoms with van der Waals surface area (Å²) in [5, 5.41) is 4.02. The summed E-state index contributed by atoms with van der Waals surface area (Å²) in [5.41, 5.74) is 1.75. The minimum atomic E-state index is 0.0158. The molecule has 0 radical (unpaired) electrons. The maximum Gasteiger partial charge on any atom is 0.252 e. The number of aromatic amines is 1. The van der Waals surface area contributed by atoms with Gasteiger partial charge in [0.2, 0.25) is 0 Å². The van der Waals surface area contributed by atoms with Gasteiger partial charge in [0.1, 0.15) is 0 Å². The van der Waals surface area contributed by atoms with Crippen LogP contribution in [0.1, 0.15) is 30.1 Å². The van der Waals surface area contributed by atoms with Crippen LogP contribution in [0.2, 0.25) is 0 Å². The first-order valence-corrected chi connectivity index (χ1v) is 7.38. The Labute approximate surface area is 119 Å². The zero-order valence-electron chi connectivity index (χ0n) is 11.9. The molecule has 106 valence electrons. The van der Waals surface area contributed by atoms with Crippen LogP contribution in [0.4, 0.5) is 0 Å². The molecule has 1 aliphatic carbocycles. The number of amides is 1. The van der Waals surface area contributed by atoms with Gasteiger partial charge in [-0.25, -0.2) is 0 Å². The summed E-state index contributed by atoms with van der Waals surface area (Å²) in [5.74, 6) is 0.0158. The van der Waals surface area contributed by atoms with Gasteiger partial charge in [-0.1, -0.05) is 13.0 Å². The number of nitrogens with zero attached hydrogens (tertiary/aromatic N) is 1. The molecule has 4 nitrogen and oxygen atoms in total. The normalized spacial score (nSPS) is 14.9. The average Bonchev–Trinajstić information content (AvgIpc) is 3.19. The quantitative estimate of drug-likeness (QED) is 0.847. The fraction of sp³-hybridized carbons (Fsp3) is 0.438. The highest BCUT2D eigenvalue weighted by atomic mass is 16.1. The van der Waals surface area contributed by atoms with E-state index in [9.17, 15) is 4.79 Å². The van der Waals surface area contributed by atoms with E-state index < -0.39 is 0 Å². The summed E-state index contributed by atoms with van der Waals surface area (Å²) >= 11 is 0. The van der Waals surface area contributed by atoms with E-state index >= 15 is 0 Å². The first kappa shape index (κ1) is 13.2. The van der Waals surface area contributed by atoms with Gasteiger partial charge in [0.05, 0.1) is 0 Å². The van der Waals surface area contributed by atoms with E-state index in [1.165, 1.54) is 12.8 Å². The van der Waals surface area contributed by atoms with E-state index in [1.807, 2.05) is 30.5 Å². The molecule has 3 rings (SSSR count). The minimum Gasteiger partial charge on any atom is -0.361 e. The number of fused-ring (bicyclic) bond motifs is 1. The molecule has 0 bridgehead atoms. The molecule has 4 heteroatoms. The molecule has 1 heterocycles. The smallest absolute Gasteiger partial charge is 0.252 e. The molecule has 1 aromatic heterocycles. The second-order valence-electron chi connectivity index (χ2n) is 5.36. The number of aromatic nitrogens is 1. The SMILES string of the molecule is CCN(CCNC(=O)c1cccc2[nH]ccc12)C1CC1. The lowest BCUT2D eigenvalue weighted by atomic mass is 10.1. The van der Waals surface area contributed by atoms with Crippen molar-refractivity contribution >= 4 is 16.8 Å². The van der Waals surface area contributed by atoms with Gasteiger partial charge >= 0.3 is 0 Å². The van der Waals surface area contributed by atoms with E-state index in [0.717, 1.165) is 35.6 Å². The molecule has 2 N–H and O–H groups in total. The standard InChI is InChI=1S/C16H21N3O/c1-2-19(12-6-7-12)11-10-18-16(20)14-4-3-5-15-13(14)8-9-17-15/h3-5,8-9,12,17H,2,6-7,10-11H2,1H3,(H,18,20). The number of carbonyl (C=O) groups is 1. The van der Waals surface area contributed by atoms with Crippen molar-refractivity contribution in [2.24, 2.45) is 0 Å². The van der Waals surface area contributed by atoms with E-state index in [-0.39, 0.29) is 5.91 Å². The monoisotopic (exact) mass is 271 g/mol. The third kappa shape index (κ3) is 2.70. The van der Waals surface area contributed by atoms with Crippen molar-refractivity contribution in [1.29, 1.82) is 0 Å². The van der Waals surface area contributed by atoms with E-state index in [0.29, 0.717) is 6.54 Å².